The largest absolute Gasteiger partial charge is 0.340 e. The Hall–Kier alpha value is -1.70. The van der Waals surface area contributed by atoms with Gasteiger partial charge in [0.05, 0.1) is 5.69 Å². The van der Waals surface area contributed by atoms with Crippen molar-refractivity contribution in [1.82, 2.24) is 24.5 Å². The molecule has 6 nitrogen and oxygen atoms in total. The molecule has 1 saturated carbocycles. The molecule has 1 atom stereocenters. The van der Waals surface area contributed by atoms with Gasteiger partial charge in [0.2, 0.25) is 5.91 Å². The third kappa shape index (κ3) is 4.27. The minimum atomic E-state index is 0.278. The Kier molecular flexibility index (Phi) is 6.16. The first-order valence-corrected chi connectivity index (χ1v) is 13.2. The van der Waals surface area contributed by atoms with Gasteiger partial charge in [-0.2, -0.15) is 5.10 Å². The molecule has 2 saturated heterocycles. The monoisotopic (exact) mass is 455 g/mol. The van der Waals surface area contributed by atoms with Gasteiger partial charge in [0.15, 0.2) is 0 Å². The fourth-order valence-electron chi connectivity index (χ4n) is 5.87. The number of thiophene rings is 1. The summed E-state index contributed by atoms with van der Waals surface area (Å²) in [5.74, 6) is 0.713. The number of piperazine rings is 1. The van der Waals surface area contributed by atoms with E-state index < -0.39 is 0 Å². The third-order valence-corrected chi connectivity index (χ3v) is 9.06. The second-order valence-electron chi connectivity index (χ2n) is 10.0. The van der Waals surface area contributed by atoms with E-state index in [1.807, 2.05) is 11.3 Å². The summed E-state index contributed by atoms with van der Waals surface area (Å²) in [4.78, 5) is 21.9. The van der Waals surface area contributed by atoms with Gasteiger partial charge in [-0.05, 0) is 70.0 Å². The molecule has 2 aliphatic heterocycles. The highest BCUT2D eigenvalue weighted by atomic mass is 32.1. The average Bonchev–Trinajstić information content (AvgIpc) is 3.11. The number of aromatic nitrogens is 2. The van der Waals surface area contributed by atoms with Crippen molar-refractivity contribution in [3.63, 3.8) is 0 Å². The molecule has 1 spiro atoms. The molecule has 2 aromatic heterocycles. The fourth-order valence-corrected chi connectivity index (χ4v) is 6.62. The van der Waals surface area contributed by atoms with Gasteiger partial charge in [-0.25, -0.2) is 0 Å². The van der Waals surface area contributed by atoms with E-state index in [2.05, 4.69) is 62.8 Å². The number of carbonyl (C=O) groups is 1. The van der Waals surface area contributed by atoms with Crippen molar-refractivity contribution in [3.8, 4) is 0 Å². The van der Waals surface area contributed by atoms with Crippen LogP contribution in [0.25, 0.3) is 0 Å². The van der Waals surface area contributed by atoms with Gasteiger partial charge in [-0.1, -0.05) is 6.07 Å². The van der Waals surface area contributed by atoms with Gasteiger partial charge in [0.25, 0.3) is 0 Å². The first kappa shape index (κ1) is 22.1. The smallest absolute Gasteiger partial charge is 0.226 e. The predicted octanol–water partition coefficient (Wildman–Crippen LogP) is 3.53. The lowest BCUT2D eigenvalue weighted by Gasteiger charge is -2.36. The summed E-state index contributed by atoms with van der Waals surface area (Å²) in [6, 6.07) is 4.33. The van der Waals surface area contributed by atoms with Crippen molar-refractivity contribution >= 4 is 17.2 Å². The summed E-state index contributed by atoms with van der Waals surface area (Å²) in [5.41, 5.74) is 4.16. The van der Waals surface area contributed by atoms with Gasteiger partial charge in [-0.3, -0.25) is 19.3 Å². The number of likely N-dealkylation sites (tertiary alicyclic amines) is 1. The molecular formula is C25H37N5OS. The summed E-state index contributed by atoms with van der Waals surface area (Å²) >= 11 is 1.83. The van der Waals surface area contributed by atoms with Gasteiger partial charge >= 0.3 is 0 Å². The van der Waals surface area contributed by atoms with Crippen LogP contribution in [0.15, 0.2) is 17.5 Å². The molecule has 4 heterocycles. The number of amides is 1. The van der Waals surface area contributed by atoms with Crippen molar-refractivity contribution in [3.05, 3.63) is 39.3 Å². The Labute approximate surface area is 196 Å². The summed E-state index contributed by atoms with van der Waals surface area (Å²) < 4.78 is 2.12. The summed E-state index contributed by atoms with van der Waals surface area (Å²) in [6.07, 6.45) is 3.45. The molecular weight excluding hydrogens is 418 g/mol. The Morgan fingerprint density at radius 2 is 1.81 bits per heavy atom. The SMILES string of the molecule is CCn1nc(C)c(CN2CCC3(CC2)CC3C(=O)N2CCN(Cc3cccs3)CC2)c1C. The van der Waals surface area contributed by atoms with E-state index in [-0.39, 0.29) is 5.92 Å². The molecule has 0 N–H and O–H groups in total. The molecule has 3 fully saturated rings. The van der Waals surface area contributed by atoms with Gasteiger partial charge in [-0.15, -0.1) is 11.3 Å². The maximum Gasteiger partial charge on any atom is 0.226 e. The van der Waals surface area contributed by atoms with Gasteiger partial charge in [0, 0.05) is 67.9 Å². The van der Waals surface area contributed by atoms with E-state index >= 15 is 0 Å². The van der Waals surface area contributed by atoms with Crippen LogP contribution in [0.4, 0.5) is 0 Å². The number of piperidine rings is 1. The van der Waals surface area contributed by atoms with Crippen LogP contribution in [-0.4, -0.2) is 69.7 Å². The van der Waals surface area contributed by atoms with E-state index in [1.54, 1.807) is 0 Å². The average molecular weight is 456 g/mol. The molecule has 2 aromatic rings. The van der Waals surface area contributed by atoms with Crippen molar-refractivity contribution in [1.29, 1.82) is 0 Å². The molecule has 5 rings (SSSR count). The fraction of sp³-hybridized carbons (Fsp3) is 0.680. The summed E-state index contributed by atoms with van der Waals surface area (Å²) in [7, 11) is 0. The molecule has 0 radical (unpaired) electrons. The molecule has 174 valence electrons. The van der Waals surface area contributed by atoms with Crippen LogP contribution in [0.2, 0.25) is 0 Å². The second kappa shape index (κ2) is 8.92. The number of rotatable bonds is 6. The number of hydrogen-bond acceptors (Lipinski definition) is 5. The molecule has 7 heteroatoms. The quantitative estimate of drug-likeness (QED) is 0.669. The Morgan fingerprint density at radius 1 is 1.09 bits per heavy atom. The van der Waals surface area contributed by atoms with Crippen LogP contribution >= 0.6 is 11.3 Å². The molecule has 0 bridgehead atoms. The highest BCUT2D eigenvalue weighted by Crippen LogP contribution is 2.60. The van der Waals surface area contributed by atoms with Gasteiger partial charge < -0.3 is 4.90 Å². The Bertz CT molecular complexity index is 936. The molecule has 32 heavy (non-hydrogen) atoms. The zero-order chi connectivity index (χ0) is 22.3. The van der Waals surface area contributed by atoms with Gasteiger partial charge in [0.1, 0.15) is 0 Å². The van der Waals surface area contributed by atoms with E-state index in [0.717, 1.165) is 65.3 Å². The van der Waals surface area contributed by atoms with E-state index in [4.69, 9.17) is 0 Å². The van der Waals surface area contributed by atoms with Crippen LogP contribution in [0, 0.1) is 25.2 Å². The third-order valence-electron chi connectivity index (χ3n) is 8.20. The van der Waals surface area contributed by atoms with Crippen molar-refractivity contribution < 1.29 is 4.79 Å². The van der Waals surface area contributed by atoms with Crippen molar-refractivity contribution in [2.45, 2.75) is 59.7 Å². The number of nitrogens with zero attached hydrogens (tertiary/aromatic N) is 5. The van der Waals surface area contributed by atoms with Crippen LogP contribution in [0.1, 0.15) is 48.0 Å². The topological polar surface area (TPSA) is 44.6 Å². The zero-order valence-electron chi connectivity index (χ0n) is 19.8. The minimum Gasteiger partial charge on any atom is -0.340 e. The Morgan fingerprint density at radius 3 is 2.44 bits per heavy atom. The zero-order valence-corrected chi connectivity index (χ0v) is 20.7. The highest BCUT2D eigenvalue weighted by Gasteiger charge is 2.59. The summed E-state index contributed by atoms with van der Waals surface area (Å²) in [6.45, 7) is 15.4. The number of aryl methyl sites for hydroxylation is 2. The lowest BCUT2D eigenvalue weighted by Crippen LogP contribution is -2.49. The predicted molar refractivity (Wildman–Crippen MR) is 129 cm³/mol. The van der Waals surface area contributed by atoms with Crippen molar-refractivity contribution in [2.75, 3.05) is 39.3 Å². The highest BCUT2D eigenvalue weighted by molar-refractivity contribution is 7.09. The number of carbonyl (C=O) groups excluding carboxylic acids is 1. The van der Waals surface area contributed by atoms with E-state index in [9.17, 15) is 4.79 Å². The Balaban J connectivity index is 1.10. The lowest BCUT2D eigenvalue weighted by atomic mass is 9.90. The van der Waals surface area contributed by atoms with E-state index in [0.29, 0.717) is 11.3 Å². The van der Waals surface area contributed by atoms with E-state index in [1.165, 1.54) is 34.7 Å². The second-order valence-corrected chi connectivity index (χ2v) is 11.1. The van der Waals surface area contributed by atoms with Crippen LogP contribution < -0.4 is 0 Å². The minimum absolute atomic E-state index is 0.278. The standard InChI is InChI=1S/C25H37N5OS/c1-4-30-20(3)22(19(2)26-30)18-27-9-7-25(8-10-27)16-23(25)24(31)29-13-11-28(12-14-29)17-21-6-5-15-32-21/h5-6,15,23H,4,7-14,16-18H2,1-3H3. The molecule has 0 aromatic carbocycles. The molecule has 1 unspecified atom stereocenters. The lowest BCUT2D eigenvalue weighted by molar-refractivity contribution is -0.135. The summed E-state index contributed by atoms with van der Waals surface area (Å²) in [5, 5.41) is 6.83. The maximum atomic E-state index is 13.2. The first-order valence-electron chi connectivity index (χ1n) is 12.3. The van der Waals surface area contributed by atoms with Crippen LogP contribution in [0.5, 0.6) is 0 Å². The number of hydrogen-bond donors (Lipinski definition) is 0. The normalized spacial score (nSPS) is 23.7. The molecule has 1 aliphatic carbocycles. The maximum absolute atomic E-state index is 13.2. The molecule has 1 amide bonds. The van der Waals surface area contributed by atoms with Crippen molar-refractivity contribution in [2.24, 2.45) is 11.3 Å². The first-order chi connectivity index (χ1) is 15.5. The van der Waals surface area contributed by atoms with Crippen LogP contribution in [0.3, 0.4) is 0 Å². The van der Waals surface area contributed by atoms with Crippen LogP contribution in [-0.2, 0) is 24.4 Å². The molecule has 3 aliphatic rings.